The molecule has 1 atom stereocenters. The zero-order valence-electron chi connectivity index (χ0n) is 13.9. The zero-order chi connectivity index (χ0) is 16.8. The molecule has 0 spiro atoms. The van der Waals surface area contributed by atoms with Crippen LogP contribution < -0.4 is 0 Å². The first-order valence-electron chi connectivity index (χ1n) is 8.24. The lowest BCUT2D eigenvalue weighted by Crippen LogP contribution is -2.48. The van der Waals surface area contributed by atoms with Crippen molar-refractivity contribution in [2.24, 2.45) is 0 Å². The molecule has 0 aromatic carbocycles. The standard InChI is InChI=1S/C18H23N3O3/c1-15-11-21(7-9-23-15)18(22)14-20(13-17-5-3-8-24-17)12-16-4-2-6-19-10-16/h2-6,8,10,15H,7,9,11-14H2,1H3/t15-/m1/s1. The van der Waals surface area contributed by atoms with Crippen LogP contribution in [0.3, 0.4) is 0 Å². The molecular formula is C18H23N3O3. The molecular weight excluding hydrogens is 306 g/mol. The van der Waals surface area contributed by atoms with Gasteiger partial charge in [0.1, 0.15) is 5.76 Å². The third-order valence-electron chi connectivity index (χ3n) is 4.04. The second kappa shape index (κ2) is 8.08. The van der Waals surface area contributed by atoms with Gasteiger partial charge in [0.05, 0.1) is 32.1 Å². The summed E-state index contributed by atoms with van der Waals surface area (Å²) >= 11 is 0. The number of amides is 1. The predicted molar refractivity (Wildman–Crippen MR) is 89.1 cm³/mol. The summed E-state index contributed by atoms with van der Waals surface area (Å²) in [5, 5.41) is 0. The van der Waals surface area contributed by atoms with Gasteiger partial charge in [0.25, 0.3) is 0 Å². The van der Waals surface area contributed by atoms with Gasteiger partial charge in [-0.2, -0.15) is 0 Å². The Bertz CT molecular complexity index is 630. The summed E-state index contributed by atoms with van der Waals surface area (Å²) in [6, 6.07) is 7.72. The molecule has 1 aliphatic rings. The van der Waals surface area contributed by atoms with Crippen LogP contribution in [0.15, 0.2) is 47.3 Å². The van der Waals surface area contributed by atoms with Gasteiger partial charge in [0.2, 0.25) is 5.91 Å². The van der Waals surface area contributed by atoms with Crippen molar-refractivity contribution < 1.29 is 13.9 Å². The Labute approximate surface area is 142 Å². The van der Waals surface area contributed by atoms with Crippen LogP contribution in [-0.4, -0.2) is 53.0 Å². The fraction of sp³-hybridized carbons (Fsp3) is 0.444. The molecule has 128 valence electrons. The van der Waals surface area contributed by atoms with E-state index in [9.17, 15) is 4.79 Å². The topological polar surface area (TPSA) is 58.8 Å². The maximum atomic E-state index is 12.7. The van der Waals surface area contributed by atoms with Gasteiger partial charge < -0.3 is 14.1 Å². The van der Waals surface area contributed by atoms with E-state index in [1.54, 1.807) is 12.5 Å². The highest BCUT2D eigenvalue weighted by molar-refractivity contribution is 5.78. The molecule has 3 heterocycles. The van der Waals surface area contributed by atoms with E-state index < -0.39 is 0 Å². The first kappa shape index (κ1) is 16.7. The smallest absolute Gasteiger partial charge is 0.236 e. The van der Waals surface area contributed by atoms with Crippen molar-refractivity contribution in [1.29, 1.82) is 0 Å². The normalized spacial score (nSPS) is 18.1. The van der Waals surface area contributed by atoms with Crippen molar-refractivity contribution in [3.8, 4) is 0 Å². The van der Waals surface area contributed by atoms with Crippen molar-refractivity contribution in [2.75, 3.05) is 26.2 Å². The van der Waals surface area contributed by atoms with Crippen LogP contribution in [-0.2, 0) is 22.6 Å². The summed E-state index contributed by atoms with van der Waals surface area (Å²) in [6.07, 6.45) is 5.33. The van der Waals surface area contributed by atoms with Crippen molar-refractivity contribution >= 4 is 5.91 Å². The van der Waals surface area contributed by atoms with E-state index in [0.29, 0.717) is 39.3 Å². The lowest BCUT2D eigenvalue weighted by atomic mass is 10.2. The summed E-state index contributed by atoms with van der Waals surface area (Å²) in [7, 11) is 0. The van der Waals surface area contributed by atoms with Gasteiger partial charge in [0.15, 0.2) is 0 Å². The number of carbonyl (C=O) groups excluding carboxylic acids is 1. The first-order chi connectivity index (χ1) is 11.7. The minimum Gasteiger partial charge on any atom is -0.468 e. The maximum Gasteiger partial charge on any atom is 0.236 e. The predicted octanol–water partition coefficient (Wildman–Crippen LogP) is 1.92. The van der Waals surface area contributed by atoms with Crippen molar-refractivity contribution in [1.82, 2.24) is 14.8 Å². The summed E-state index contributed by atoms with van der Waals surface area (Å²) in [5.74, 6) is 0.975. The molecule has 0 aliphatic carbocycles. The second-order valence-corrected chi connectivity index (χ2v) is 6.11. The van der Waals surface area contributed by atoms with E-state index in [1.807, 2.05) is 42.3 Å². The second-order valence-electron chi connectivity index (χ2n) is 6.11. The fourth-order valence-corrected chi connectivity index (χ4v) is 2.88. The zero-order valence-corrected chi connectivity index (χ0v) is 13.9. The lowest BCUT2D eigenvalue weighted by Gasteiger charge is -2.33. The SMILES string of the molecule is C[C@@H]1CN(C(=O)CN(Cc2cccnc2)Cc2ccco2)CCO1. The number of pyridine rings is 1. The number of hydrogen-bond donors (Lipinski definition) is 0. The van der Waals surface area contributed by atoms with Gasteiger partial charge in [-0.1, -0.05) is 6.07 Å². The molecule has 0 bridgehead atoms. The van der Waals surface area contributed by atoms with Crippen LogP contribution in [0, 0.1) is 0 Å². The fourth-order valence-electron chi connectivity index (χ4n) is 2.88. The monoisotopic (exact) mass is 329 g/mol. The lowest BCUT2D eigenvalue weighted by molar-refractivity contribution is -0.139. The molecule has 24 heavy (non-hydrogen) atoms. The summed E-state index contributed by atoms with van der Waals surface area (Å²) in [4.78, 5) is 20.8. The van der Waals surface area contributed by atoms with E-state index in [1.165, 1.54) is 0 Å². The van der Waals surface area contributed by atoms with Crippen molar-refractivity contribution in [3.63, 3.8) is 0 Å². The third kappa shape index (κ3) is 4.66. The average Bonchev–Trinajstić information content (AvgIpc) is 3.08. The third-order valence-corrected chi connectivity index (χ3v) is 4.04. The highest BCUT2D eigenvalue weighted by Gasteiger charge is 2.23. The van der Waals surface area contributed by atoms with E-state index in [0.717, 1.165) is 11.3 Å². The Morgan fingerprint density at radius 3 is 3.00 bits per heavy atom. The molecule has 1 amide bonds. The molecule has 0 radical (unpaired) electrons. The number of ether oxygens (including phenoxy) is 1. The van der Waals surface area contributed by atoms with Crippen LogP contribution in [0.1, 0.15) is 18.2 Å². The Morgan fingerprint density at radius 2 is 2.29 bits per heavy atom. The van der Waals surface area contributed by atoms with Crippen LogP contribution in [0.2, 0.25) is 0 Å². The number of aromatic nitrogens is 1. The van der Waals surface area contributed by atoms with Crippen molar-refractivity contribution in [3.05, 3.63) is 54.2 Å². The van der Waals surface area contributed by atoms with E-state index in [4.69, 9.17) is 9.15 Å². The maximum absolute atomic E-state index is 12.7. The molecule has 6 nitrogen and oxygen atoms in total. The van der Waals surface area contributed by atoms with Crippen LogP contribution in [0.25, 0.3) is 0 Å². The van der Waals surface area contributed by atoms with Gasteiger partial charge in [-0.15, -0.1) is 0 Å². The molecule has 2 aromatic rings. The minimum absolute atomic E-state index is 0.0968. The van der Waals surface area contributed by atoms with Gasteiger partial charge in [0, 0.05) is 32.0 Å². The van der Waals surface area contributed by atoms with Crippen LogP contribution in [0.4, 0.5) is 0 Å². The first-order valence-corrected chi connectivity index (χ1v) is 8.24. The van der Waals surface area contributed by atoms with E-state index >= 15 is 0 Å². The van der Waals surface area contributed by atoms with E-state index in [2.05, 4.69) is 9.88 Å². The van der Waals surface area contributed by atoms with Crippen molar-refractivity contribution in [2.45, 2.75) is 26.1 Å². The number of rotatable bonds is 6. The number of carbonyl (C=O) groups is 1. The summed E-state index contributed by atoms with van der Waals surface area (Å²) in [5.41, 5.74) is 1.08. The van der Waals surface area contributed by atoms with Crippen LogP contribution in [0.5, 0.6) is 0 Å². The quantitative estimate of drug-likeness (QED) is 0.810. The molecule has 1 aliphatic heterocycles. The molecule has 6 heteroatoms. The average molecular weight is 329 g/mol. The van der Waals surface area contributed by atoms with Gasteiger partial charge >= 0.3 is 0 Å². The molecule has 3 rings (SSSR count). The highest BCUT2D eigenvalue weighted by atomic mass is 16.5. The molecule has 1 fully saturated rings. The molecule has 2 aromatic heterocycles. The highest BCUT2D eigenvalue weighted by Crippen LogP contribution is 2.12. The Kier molecular flexibility index (Phi) is 5.61. The largest absolute Gasteiger partial charge is 0.468 e. The summed E-state index contributed by atoms with van der Waals surface area (Å²) < 4.78 is 11.0. The Hall–Kier alpha value is -2.18. The molecule has 1 saturated heterocycles. The van der Waals surface area contributed by atoms with Gasteiger partial charge in [-0.3, -0.25) is 14.7 Å². The molecule has 0 saturated carbocycles. The number of nitrogens with zero attached hydrogens (tertiary/aromatic N) is 3. The number of hydrogen-bond acceptors (Lipinski definition) is 5. The Balaban J connectivity index is 1.65. The number of furan rings is 1. The minimum atomic E-state index is 0.0968. The Morgan fingerprint density at radius 1 is 1.38 bits per heavy atom. The van der Waals surface area contributed by atoms with E-state index in [-0.39, 0.29) is 12.0 Å². The molecule has 0 unspecified atom stereocenters. The molecule has 0 N–H and O–H groups in total. The van der Waals surface area contributed by atoms with Gasteiger partial charge in [-0.05, 0) is 30.7 Å². The number of morpholine rings is 1. The van der Waals surface area contributed by atoms with Crippen LogP contribution >= 0.6 is 0 Å². The summed E-state index contributed by atoms with van der Waals surface area (Å²) in [6.45, 7) is 5.50. The van der Waals surface area contributed by atoms with Gasteiger partial charge in [-0.25, -0.2) is 0 Å².